The number of hydrogen-bond acceptors (Lipinski definition) is 4. The summed E-state index contributed by atoms with van der Waals surface area (Å²) < 4.78 is 44.1. The van der Waals surface area contributed by atoms with Crippen LogP contribution in [0.5, 0.6) is 0 Å². The van der Waals surface area contributed by atoms with Crippen LogP contribution in [0.25, 0.3) is 0 Å². The van der Waals surface area contributed by atoms with E-state index in [0.717, 1.165) is 32.9 Å². The molecule has 0 aromatic heterocycles. The van der Waals surface area contributed by atoms with E-state index in [0.29, 0.717) is 12.6 Å². The molecule has 2 heterocycles. The SMILES string of the molecule is CC1=C(C(=O)O)C(c2cc(F)c(C)c(F)c2F)C(C(=O)O)=C(CCN2CCc3ccccc3CC2)N1C. The van der Waals surface area contributed by atoms with Crippen molar-refractivity contribution in [3.05, 3.63) is 92.6 Å². The number of allylic oxidation sites excluding steroid dienone is 1. The molecule has 0 spiro atoms. The second-order valence-electron chi connectivity index (χ2n) is 9.52. The van der Waals surface area contributed by atoms with Gasteiger partial charge < -0.3 is 20.0 Å². The maximum atomic E-state index is 15.1. The minimum absolute atomic E-state index is 0.182. The van der Waals surface area contributed by atoms with Crippen LogP contribution in [0.2, 0.25) is 0 Å². The fourth-order valence-electron chi connectivity index (χ4n) is 5.34. The molecule has 6 nitrogen and oxygen atoms in total. The number of fused-ring (bicyclic) bond motifs is 1. The lowest BCUT2D eigenvalue weighted by Gasteiger charge is -2.37. The molecule has 0 saturated heterocycles. The van der Waals surface area contributed by atoms with Gasteiger partial charge in [0.05, 0.1) is 17.1 Å². The van der Waals surface area contributed by atoms with Gasteiger partial charge in [0.25, 0.3) is 0 Å². The summed E-state index contributed by atoms with van der Waals surface area (Å²) in [5.41, 5.74) is 0.966. The molecule has 0 bridgehead atoms. The Morgan fingerprint density at radius 2 is 1.51 bits per heavy atom. The Morgan fingerprint density at radius 3 is 2.05 bits per heavy atom. The van der Waals surface area contributed by atoms with Gasteiger partial charge in [0.2, 0.25) is 0 Å². The lowest BCUT2D eigenvalue weighted by molar-refractivity contribution is -0.133. The van der Waals surface area contributed by atoms with Crippen molar-refractivity contribution in [2.45, 2.75) is 39.0 Å². The highest BCUT2D eigenvalue weighted by Crippen LogP contribution is 2.44. The molecule has 9 heteroatoms. The number of rotatable bonds is 6. The Balaban J connectivity index is 1.75. The van der Waals surface area contributed by atoms with Gasteiger partial charge in [-0.2, -0.15) is 0 Å². The van der Waals surface area contributed by atoms with E-state index in [1.165, 1.54) is 23.0 Å². The maximum absolute atomic E-state index is 15.1. The van der Waals surface area contributed by atoms with E-state index in [1.807, 2.05) is 12.1 Å². The number of carboxylic acids is 2. The number of aliphatic carboxylic acids is 2. The van der Waals surface area contributed by atoms with Crippen LogP contribution in [-0.2, 0) is 22.4 Å². The van der Waals surface area contributed by atoms with E-state index >= 15 is 4.39 Å². The third kappa shape index (κ3) is 4.87. The average molecular weight is 515 g/mol. The zero-order valence-electron chi connectivity index (χ0n) is 20.9. The van der Waals surface area contributed by atoms with Crippen molar-refractivity contribution in [1.29, 1.82) is 0 Å². The molecule has 0 saturated carbocycles. The van der Waals surface area contributed by atoms with Crippen molar-refractivity contribution >= 4 is 11.9 Å². The summed E-state index contributed by atoms with van der Waals surface area (Å²) in [7, 11) is 1.55. The first-order valence-electron chi connectivity index (χ1n) is 12.1. The number of benzene rings is 2. The summed E-state index contributed by atoms with van der Waals surface area (Å²) in [6, 6.07) is 8.90. The molecule has 2 aliphatic heterocycles. The minimum atomic E-state index is -1.68. The highest BCUT2D eigenvalue weighted by atomic mass is 19.2. The molecular formula is C28H29F3N2O4. The average Bonchev–Trinajstić information content (AvgIpc) is 3.07. The molecule has 2 N–H and O–H groups in total. The Bertz CT molecular complexity index is 1310. The largest absolute Gasteiger partial charge is 0.478 e. The van der Waals surface area contributed by atoms with Gasteiger partial charge in [0.1, 0.15) is 5.82 Å². The van der Waals surface area contributed by atoms with Crippen molar-refractivity contribution in [2.24, 2.45) is 0 Å². The second-order valence-corrected chi connectivity index (χ2v) is 9.52. The zero-order valence-corrected chi connectivity index (χ0v) is 20.9. The van der Waals surface area contributed by atoms with Crippen molar-refractivity contribution < 1.29 is 33.0 Å². The smallest absolute Gasteiger partial charge is 0.334 e. The van der Waals surface area contributed by atoms with Crippen molar-refractivity contribution in [1.82, 2.24) is 9.80 Å². The van der Waals surface area contributed by atoms with Crippen molar-refractivity contribution in [3.63, 3.8) is 0 Å². The minimum Gasteiger partial charge on any atom is -0.478 e. The van der Waals surface area contributed by atoms with Crippen LogP contribution >= 0.6 is 0 Å². The second kappa shape index (κ2) is 10.4. The Hall–Kier alpha value is -3.59. The fraction of sp³-hybridized carbons (Fsp3) is 0.357. The van der Waals surface area contributed by atoms with E-state index in [2.05, 4.69) is 17.0 Å². The highest BCUT2D eigenvalue weighted by molar-refractivity contribution is 5.98. The van der Waals surface area contributed by atoms with E-state index in [9.17, 15) is 28.6 Å². The van der Waals surface area contributed by atoms with E-state index < -0.39 is 57.6 Å². The van der Waals surface area contributed by atoms with Crippen molar-refractivity contribution in [2.75, 3.05) is 26.7 Å². The summed E-state index contributed by atoms with van der Waals surface area (Å²) in [5.74, 6) is -8.64. The van der Waals surface area contributed by atoms with Crippen LogP contribution < -0.4 is 0 Å². The van der Waals surface area contributed by atoms with Gasteiger partial charge in [-0.1, -0.05) is 24.3 Å². The van der Waals surface area contributed by atoms with Crippen LogP contribution in [0.3, 0.4) is 0 Å². The predicted molar refractivity (Wildman–Crippen MR) is 131 cm³/mol. The molecule has 0 fully saturated rings. The first-order valence-corrected chi connectivity index (χ1v) is 12.1. The number of halogens is 3. The van der Waals surface area contributed by atoms with Gasteiger partial charge in [-0.05, 0) is 43.9 Å². The Kier molecular flexibility index (Phi) is 7.45. The van der Waals surface area contributed by atoms with E-state index in [4.69, 9.17) is 0 Å². The number of hydrogen-bond donors (Lipinski definition) is 2. The van der Waals surface area contributed by atoms with Gasteiger partial charge in [-0.3, -0.25) is 0 Å². The molecule has 1 unspecified atom stereocenters. The molecule has 2 aromatic rings. The summed E-state index contributed by atoms with van der Waals surface area (Å²) in [5, 5.41) is 20.2. The topological polar surface area (TPSA) is 81.1 Å². The number of carbonyl (C=O) groups is 2. The van der Waals surface area contributed by atoms with Gasteiger partial charge in [-0.15, -0.1) is 0 Å². The molecule has 4 rings (SSSR count). The Morgan fingerprint density at radius 1 is 0.946 bits per heavy atom. The van der Waals surface area contributed by atoms with Crippen LogP contribution in [0.1, 0.15) is 41.5 Å². The lowest BCUT2D eigenvalue weighted by Crippen LogP contribution is -2.36. The molecule has 1 atom stereocenters. The zero-order chi connectivity index (χ0) is 27.0. The first kappa shape index (κ1) is 26.5. The summed E-state index contributed by atoms with van der Waals surface area (Å²) in [6.45, 7) is 4.54. The molecule has 196 valence electrons. The monoisotopic (exact) mass is 514 g/mol. The van der Waals surface area contributed by atoms with Gasteiger partial charge >= 0.3 is 11.9 Å². The number of nitrogens with zero attached hydrogens (tertiary/aromatic N) is 2. The normalized spacial score (nSPS) is 18.6. The molecule has 2 aromatic carbocycles. The molecule has 37 heavy (non-hydrogen) atoms. The fourth-order valence-corrected chi connectivity index (χ4v) is 5.34. The van der Waals surface area contributed by atoms with Crippen LogP contribution in [0.4, 0.5) is 13.2 Å². The molecule has 0 radical (unpaired) electrons. The third-order valence-corrected chi connectivity index (χ3v) is 7.55. The summed E-state index contributed by atoms with van der Waals surface area (Å²) in [4.78, 5) is 28.5. The molecule has 0 aliphatic carbocycles. The summed E-state index contributed by atoms with van der Waals surface area (Å²) in [6.07, 6.45) is 1.91. The lowest BCUT2D eigenvalue weighted by atomic mass is 9.78. The van der Waals surface area contributed by atoms with Gasteiger partial charge in [0, 0.05) is 55.6 Å². The Labute approximate surface area is 213 Å². The van der Waals surface area contributed by atoms with Crippen LogP contribution in [0, 0.1) is 24.4 Å². The van der Waals surface area contributed by atoms with E-state index in [1.54, 1.807) is 7.05 Å². The van der Waals surface area contributed by atoms with Gasteiger partial charge in [-0.25, -0.2) is 22.8 Å². The third-order valence-electron chi connectivity index (χ3n) is 7.55. The molecule has 2 aliphatic rings. The predicted octanol–water partition coefficient (Wildman–Crippen LogP) is 4.63. The first-order chi connectivity index (χ1) is 17.5. The molecular weight excluding hydrogens is 485 g/mol. The van der Waals surface area contributed by atoms with Crippen LogP contribution in [-0.4, -0.2) is 58.6 Å². The standard InChI is InChI=1S/C28H29F3N2O4/c1-15-20(29)14-19(26(31)25(15)30)23-22(27(34)35)16(2)32(3)21(24(23)28(36)37)10-13-33-11-8-17-6-4-5-7-18(17)9-12-33/h4-7,14,23H,8-13H2,1-3H3,(H,34,35)(H,36,37). The van der Waals surface area contributed by atoms with Crippen LogP contribution in [0.15, 0.2) is 52.9 Å². The highest BCUT2D eigenvalue weighted by Gasteiger charge is 2.41. The quantitative estimate of drug-likeness (QED) is 0.548. The summed E-state index contributed by atoms with van der Waals surface area (Å²) >= 11 is 0. The molecule has 0 amide bonds. The van der Waals surface area contributed by atoms with Gasteiger partial charge in [0.15, 0.2) is 11.6 Å². The number of carboxylic acid groups (broad SMARTS) is 2. The van der Waals surface area contributed by atoms with E-state index in [-0.39, 0.29) is 17.8 Å². The van der Waals surface area contributed by atoms with Crippen molar-refractivity contribution in [3.8, 4) is 0 Å². The maximum Gasteiger partial charge on any atom is 0.334 e.